The molecule has 0 aromatic heterocycles. The van der Waals surface area contributed by atoms with Crippen LogP contribution in [0.25, 0.3) is 0 Å². The lowest BCUT2D eigenvalue weighted by Gasteiger charge is -2.09. The molecule has 1 atom stereocenters. The molecule has 73 valence electrons. The highest BCUT2D eigenvalue weighted by atomic mass is 16.5. The topological polar surface area (TPSA) is 9.23 Å². The second-order valence-electron chi connectivity index (χ2n) is 3.39. The first-order valence-electron chi connectivity index (χ1n) is 5.24. The van der Waals surface area contributed by atoms with Gasteiger partial charge in [-0.1, -0.05) is 39.0 Å². The maximum Gasteiger partial charge on any atom is 0.0809 e. The van der Waals surface area contributed by atoms with Crippen molar-refractivity contribution in [2.24, 2.45) is 0 Å². The molecule has 0 bridgehead atoms. The lowest BCUT2D eigenvalue weighted by Crippen LogP contribution is -2.04. The lowest BCUT2D eigenvalue weighted by molar-refractivity contribution is 0.114. The van der Waals surface area contributed by atoms with Crippen molar-refractivity contribution < 1.29 is 4.74 Å². The van der Waals surface area contributed by atoms with E-state index in [1.54, 1.807) is 6.61 Å². The Kier molecular flexibility index (Phi) is 9.02. The van der Waals surface area contributed by atoms with E-state index >= 15 is 0 Å². The van der Waals surface area contributed by atoms with Crippen molar-refractivity contribution in [2.45, 2.75) is 65.4 Å². The third-order valence-corrected chi connectivity index (χ3v) is 2.08. The summed E-state index contributed by atoms with van der Waals surface area (Å²) in [5.74, 6) is 0. The van der Waals surface area contributed by atoms with Gasteiger partial charge in [-0.15, -0.1) is 0 Å². The first-order chi connectivity index (χ1) is 5.81. The molecule has 0 aromatic rings. The van der Waals surface area contributed by atoms with Crippen LogP contribution in [0.1, 0.15) is 59.3 Å². The van der Waals surface area contributed by atoms with Gasteiger partial charge in [0, 0.05) is 0 Å². The molecule has 1 unspecified atom stereocenters. The average molecular weight is 171 g/mol. The van der Waals surface area contributed by atoms with Crippen LogP contribution in [0.3, 0.4) is 0 Å². The molecule has 1 radical (unpaired) electrons. The van der Waals surface area contributed by atoms with E-state index in [4.69, 9.17) is 4.74 Å². The fourth-order valence-corrected chi connectivity index (χ4v) is 1.34. The second-order valence-corrected chi connectivity index (χ2v) is 3.39. The first kappa shape index (κ1) is 12.0. The predicted octanol–water partition coefficient (Wildman–Crippen LogP) is 3.93. The standard InChI is InChI=1S/C11H23O/c1-4-6-7-8-9-10-11(3)12-5-2/h5,11H,4,6-10H2,1-3H3. The van der Waals surface area contributed by atoms with Gasteiger partial charge in [0.25, 0.3) is 0 Å². The van der Waals surface area contributed by atoms with E-state index in [1.165, 1.54) is 38.5 Å². The Morgan fingerprint density at radius 3 is 2.42 bits per heavy atom. The summed E-state index contributed by atoms with van der Waals surface area (Å²) in [4.78, 5) is 0. The molecule has 0 spiro atoms. The van der Waals surface area contributed by atoms with Crippen LogP contribution in [0.15, 0.2) is 0 Å². The molecule has 0 aliphatic heterocycles. The zero-order chi connectivity index (χ0) is 9.23. The molecular formula is C11H23O. The predicted molar refractivity (Wildman–Crippen MR) is 53.9 cm³/mol. The van der Waals surface area contributed by atoms with Crippen molar-refractivity contribution in [1.29, 1.82) is 0 Å². The van der Waals surface area contributed by atoms with Gasteiger partial charge in [0.1, 0.15) is 0 Å². The van der Waals surface area contributed by atoms with Gasteiger partial charge >= 0.3 is 0 Å². The normalized spacial score (nSPS) is 13.2. The number of rotatable bonds is 8. The molecular weight excluding hydrogens is 148 g/mol. The highest BCUT2D eigenvalue weighted by Crippen LogP contribution is 2.09. The molecule has 1 heteroatoms. The second kappa shape index (κ2) is 9.05. The van der Waals surface area contributed by atoms with Crippen LogP contribution in [0.5, 0.6) is 0 Å². The molecule has 0 N–H and O–H groups in total. The van der Waals surface area contributed by atoms with Gasteiger partial charge in [0.2, 0.25) is 0 Å². The van der Waals surface area contributed by atoms with E-state index < -0.39 is 0 Å². The van der Waals surface area contributed by atoms with Gasteiger partial charge < -0.3 is 4.74 Å². The minimum absolute atomic E-state index is 0.414. The van der Waals surface area contributed by atoms with Crippen LogP contribution in [0.2, 0.25) is 0 Å². The quantitative estimate of drug-likeness (QED) is 0.503. The van der Waals surface area contributed by atoms with Crippen LogP contribution in [0.4, 0.5) is 0 Å². The summed E-state index contributed by atoms with van der Waals surface area (Å²) in [6.07, 6.45) is 8.40. The van der Waals surface area contributed by atoms with E-state index in [0.717, 1.165) is 0 Å². The summed E-state index contributed by atoms with van der Waals surface area (Å²) < 4.78 is 5.32. The Labute approximate surface area is 77.5 Å². The summed E-state index contributed by atoms with van der Waals surface area (Å²) in [6, 6.07) is 0. The largest absolute Gasteiger partial charge is 0.373 e. The number of hydrogen-bond donors (Lipinski definition) is 0. The van der Waals surface area contributed by atoms with Crippen molar-refractivity contribution in [3.05, 3.63) is 6.61 Å². The molecule has 12 heavy (non-hydrogen) atoms. The van der Waals surface area contributed by atoms with Crippen molar-refractivity contribution in [3.63, 3.8) is 0 Å². The lowest BCUT2D eigenvalue weighted by atomic mass is 10.1. The minimum Gasteiger partial charge on any atom is -0.373 e. The Bertz CT molecular complexity index is 81.1. The molecule has 0 amide bonds. The van der Waals surface area contributed by atoms with Crippen molar-refractivity contribution in [2.75, 3.05) is 0 Å². The van der Waals surface area contributed by atoms with Gasteiger partial charge in [0.15, 0.2) is 0 Å². The molecule has 0 aliphatic carbocycles. The summed E-state index contributed by atoms with van der Waals surface area (Å²) >= 11 is 0. The Morgan fingerprint density at radius 2 is 1.83 bits per heavy atom. The molecule has 1 nitrogen and oxygen atoms in total. The third kappa shape index (κ3) is 8.06. The van der Waals surface area contributed by atoms with Gasteiger partial charge in [-0.25, -0.2) is 0 Å². The molecule has 0 aliphatic rings. The molecule has 0 aromatic carbocycles. The summed E-state index contributed by atoms with van der Waals surface area (Å²) in [7, 11) is 0. The molecule has 0 rings (SSSR count). The minimum atomic E-state index is 0.414. The van der Waals surface area contributed by atoms with E-state index in [0.29, 0.717) is 6.10 Å². The Morgan fingerprint density at radius 1 is 1.17 bits per heavy atom. The van der Waals surface area contributed by atoms with E-state index in [2.05, 4.69) is 13.8 Å². The zero-order valence-corrected chi connectivity index (χ0v) is 8.81. The Balaban J connectivity index is 2.97. The van der Waals surface area contributed by atoms with Gasteiger partial charge in [0.05, 0.1) is 12.7 Å². The van der Waals surface area contributed by atoms with Crippen LogP contribution in [-0.4, -0.2) is 6.10 Å². The van der Waals surface area contributed by atoms with Crippen LogP contribution in [-0.2, 0) is 4.74 Å². The fraction of sp³-hybridized carbons (Fsp3) is 0.909. The van der Waals surface area contributed by atoms with Gasteiger partial charge in [-0.3, -0.25) is 0 Å². The van der Waals surface area contributed by atoms with Crippen LogP contribution < -0.4 is 0 Å². The SMILES string of the molecule is C[CH]OC(C)CCCCCCC. The first-order valence-corrected chi connectivity index (χ1v) is 5.24. The summed E-state index contributed by atoms with van der Waals surface area (Å²) in [6.45, 7) is 8.11. The molecule has 0 saturated carbocycles. The van der Waals surface area contributed by atoms with E-state index in [9.17, 15) is 0 Å². The number of hydrogen-bond acceptors (Lipinski definition) is 1. The van der Waals surface area contributed by atoms with Crippen molar-refractivity contribution in [1.82, 2.24) is 0 Å². The zero-order valence-electron chi connectivity index (χ0n) is 8.81. The van der Waals surface area contributed by atoms with Gasteiger partial charge in [-0.2, -0.15) is 0 Å². The average Bonchev–Trinajstić information content (AvgIpc) is 2.05. The smallest absolute Gasteiger partial charge is 0.0809 e. The maximum absolute atomic E-state index is 5.32. The molecule has 0 heterocycles. The van der Waals surface area contributed by atoms with E-state index in [1.807, 2.05) is 6.92 Å². The summed E-state index contributed by atoms with van der Waals surface area (Å²) in [5, 5.41) is 0. The highest BCUT2D eigenvalue weighted by molar-refractivity contribution is 4.53. The summed E-state index contributed by atoms with van der Waals surface area (Å²) in [5.41, 5.74) is 0. The maximum atomic E-state index is 5.32. The molecule has 0 fully saturated rings. The van der Waals surface area contributed by atoms with Crippen molar-refractivity contribution in [3.8, 4) is 0 Å². The number of ether oxygens (including phenoxy) is 1. The fourth-order valence-electron chi connectivity index (χ4n) is 1.34. The van der Waals surface area contributed by atoms with Crippen LogP contribution in [0, 0.1) is 6.61 Å². The third-order valence-electron chi connectivity index (χ3n) is 2.08. The Hall–Kier alpha value is -0.0400. The van der Waals surface area contributed by atoms with E-state index in [-0.39, 0.29) is 0 Å². The monoisotopic (exact) mass is 171 g/mol. The highest BCUT2D eigenvalue weighted by Gasteiger charge is 1.99. The number of unbranched alkanes of at least 4 members (excludes halogenated alkanes) is 4. The van der Waals surface area contributed by atoms with Crippen LogP contribution >= 0.6 is 0 Å². The molecule has 0 saturated heterocycles. The van der Waals surface area contributed by atoms with Gasteiger partial charge in [-0.05, 0) is 20.3 Å². The van der Waals surface area contributed by atoms with Crippen molar-refractivity contribution >= 4 is 0 Å².